The van der Waals surface area contributed by atoms with Crippen LogP contribution in [0.25, 0.3) is 11.6 Å². The lowest BCUT2D eigenvalue weighted by Crippen LogP contribution is -2.54. The highest BCUT2D eigenvalue weighted by molar-refractivity contribution is 5.80. The minimum absolute atomic E-state index is 0.0809. The maximum absolute atomic E-state index is 12.6. The number of aromatic amines is 1. The zero-order chi connectivity index (χ0) is 20.7. The Balaban J connectivity index is 1.18. The summed E-state index contributed by atoms with van der Waals surface area (Å²) in [4.78, 5) is 22.1. The van der Waals surface area contributed by atoms with Crippen LogP contribution in [-0.2, 0) is 24.9 Å². The van der Waals surface area contributed by atoms with Crippen molar-refractivity contribution in [1.82, 2.24) is 34.9 Å². The van der Waals surface area contributed by atoms with Gasteiger partial charge in [-0.1, -0.05) is 0 Å². The molecule has 2 N–H and O–H groups in total. The van der Waals surface area contributed by atoms with Gasteiger partial charge in [-0.05, 0) is 50.3 Å². The number of amides is 1. The molecule has 9 nitrogen and oxygen atoms in total. The molecule has 0 radical (unpaired) electrons. The quantitative estimate of drug-likeness (QED) is 0.644. The first-order chi connectivity index (χ1) is 14.6. The Bertz CT molecular complexity index is 1020. The molecule has 0 bridgehead atoms. The molecule has 4 heterocycles. The van der Waals surface area contributed by atoms with Crippen molar-refractivity contribution in [2.75, 3.05) is 13.1 Å². The van der Waals surface area contributed by atoms with Crippen LogP contribution in [0.15, 0.2) is 28.9 Å². The number of fused-ring (bicyclic) bond motifs is 1. The average Bonchev–Trinajstić information content (AvgIpc) is 3.46. The average molecular weight is 409 g/mol. The molecule has 0 unspecified atom stereocenters. The van der Waals surface area contributed by atoms with Gasteiger partial charge in [0.15, 0.2) is 0 Å². The number of likely N-dealkylation sites (tertiary alicyclic amines) is 1. The van der Waals surface area contributed by atoms with Crippen molar-refractivity contribution in [3.63, 3.8) is 0 Å². The van der Waals surface area contributed by atoms with Crippen LogP contribution in [0.5, 0.6) is 0 Å². The van der Waals surface area contributed by atoms with Crippen LogP contribution >= 0.6 is 0 Å². The molecule has 5 rings (SSSR count). The number of piperidine rings is 1. The molecule has 3 aromatic rings. The zero-order valence-corrected chi connectivity index (χ0v) is 17.3. The van der Waals surface area contributed by atoms with Gasteiger partial charge in [0.05, 0.1) is 13.1 Å². The molecule has 9 heteroatoms. The molecule has 1 saturated carbocycles. The number of nitrogens with one attached hydrogen (secondary N) is 2. The summed E-state index contributed by atoms with van der Waals surface area (Å²) in [7, 11) is 1.99. The molecule has 1 aliphatic heterocycles. The normalized spacial score (nSPS) is 23.7. The molecular formula is C21H27N7O2. The fourth-order valence-corrected chi connectivity index (χ4v) is 4.74. The van der Waals surface area contributed by atoms with E-state index in [9.17, 15) is 4.79 Å². The predicted molar refractivity (Wildman–Crippen MR) is 109 cm³/mol. The van der Waals surface area contributed by atoms with Crippen LogP contribution in [-0.4, -0.2) is 48.6 Å². The van der Waals surface area contributed by atoms with Gasteiger partial charge in [-0.25, -0.2) is 4.98 Å². The van der Waals surface area contributed by atoms with Crippen LogP contribution in [0.4, 0.5) is 0 Å². The van der Waals surface area contributed by atoms with Gasteiger partial charge in [-0.2, -0.15) is 0 Å². The Labute approximate surface area is 174 Å². The van der Waals surface area contributed by atoms with Crippen LogP contribution in [0.1, 0.15) is 30.3 Å². The fraction of sp³-hybridized carbons (Fsp3) is 0.524. The van der Waals surface area contributed by atoms with E-state index >= 15 is 0 Å². The van der Waals surface area contributed by atoms with Crippen LogP contribution in [0.3, 0.4) is 0 Å². The van der Waals surface area contributed by atoms with Crippen molar-refractivity contribution in [2.24, 2.45) is 24.8 Å². The number of nitrogens with zero attached hydrogens (tertiary/aromatic N) is 5. The smallest absolute Gasteiger partial charge is 0.264 e. The standard InChI is InChI=1S/C21H27N7O2/c1-13-3-4-17(27(13)2)21-26-25-19(30-21)12-28-8-5-14-9-15(16(14)11-28)20(29)24-10-18-22-6-7-23-18/h3-4,6-7,14-16H,5,8-12H2,1-2H3,(H,22,23)(H,24,29)/t14-,15-,16-/m1/s1. The molecule has 1 saturated heterocycles. The van der Waals surface area contributed by atoms with Gasteiger partial charge in [0.1, 0.15) is 11.5 Å². The van der Waals surface area contributed by atoms with E-state index in [1.54, 1.807) is 12.4 Å². The zero-order valence-electron chi connectivity index (χ0n) is 17.3. The second-order valence-corrected chi connectivity index (χ2v) is 8.46. The maximum Gasteiger partial charge on any atom is 0.264 e. The van der Waals surface area contributed by atoms with Crippen molar-refractivity contribution in [3.05, 3.63) is 41.9 Å². The SMILES string of the molecule is Cc1ccc(-c2nnc(CN3CC[C@@H]4C[C@@H](C(=O)NCc5ncc[nH]5)[C@@H]4C3)o2)n1C. The van der Waals surface area contributed by atoms with E-state index in [0.29, 0.717) is 36.7 Å². The lowest BCUT2D eigenvalue weighted by Gasteiger charge is -2.50. The number of aromatic nitrogens is 5. The number of H-pyrrole nitrogens is 1. The van der Waals surface area contributed by atoms with Gasteiger partial charge in [0.25, 0.3) is 5.89 Å². The largest absolute Gasteiger partial charge is 0.418 e. The maximum atomic E-state index is 12.6. The van der Waals surface area contributed by atoms with E-state index in [-0.39, 0.29) is 11.8 Å². The third-order valence-corrected chi connectivity index (χ3v) is 6.70. The summed E-state index contributed by atoms with van der Waals surface area (Å²) >= 11 is 0. The van der Waals surface area contributed by atoms with E-state index in [4.69, 9.17) is 4.42 Å². The number of rotatable bonds is 6. The first-order valence-corrected chi connectivity index (χ1v) is 10.5. The number of hydrogen-bond donors (Lipinski definition) is 2. The summed E-state index contributed by atoms with van der Waals surface area (Å²) in [6.45, 7) is 5.02. The molecule has 1 aliphatic carbocycles. The first kappa shape index (κ1) is 19.0. The number of imidazole rings is 1. The summed E-state index contributed by atoms with van der Waals surface area (Å²) in [5.41, 5.74) is 2.07. The third kappa shape index (κ3) is 3.54. The van der Waals surface area contributed by atoms with Gasteiger partial charge in [0, 0.05) is 37.6 Å². The molecule has 158 valence electrons. The monoisotopic (exact) mass is 409 g/mol. The van der Waals surface area contributed by atoms with Gasteiger partial charge in [0.2, 0.25) is 11.8 Å². The molecule has 0 aromatic carbocycles. The molecular weight excluding hydrogens is 382 g/mol. The van der Waals surface area contributed by atoms with E-state index < -0.39 is 0 Å². The molecule has 3 atom stereocenters. The second kappa shape index (κ2) is 7.71. The highest BCUT2D eigenvalue weighted by atomic mass is 16.4. The van der Waals surface area contributed by atoms with E-state index in [1.807, 2.05) is 30.7 Å². The van der Waals surface area contributed by atoms with Gasteiger partial charge < -0.3 is 19.3 Å². The number of carbonyl (C=O) groups excluding carboxylic acids is 1. The van der Waals surface area contributed by atoms with Crippen LogP contribution < -0.4 is 5.32 Å². The Morgan fingerprint density at radius 3 is 3.03 bits per heavy atom. The summed E-state index contributed by atoms with van der Waals surface area (Å²) < 4.78 is 7.97. The van der Waals surface area contributed by atoms with Crippen molar-refractivity contribution >= 4 is 5.91 Å². The Morgan fingerprint density at radius 1 is 1.37 bits per heavy atom. The summed E-state index contributed by atoms with van der Waals surface area (Å²) in [6, 6.07) is 4.04. The van der Waals surface area contributed by atoms with Crippen LogP contribution in [0.2, 0.25) is 0 Å². The summed E-state index contributed by atoms with van der Waals surface area (Å²) in [5, 5.41) is 11.5. The molecule has 30 heavy (non-hydrogen) atoms. The first-order valence-electron chi connectivity index (χ1n) is 10.5. The molecule has 0 spiro atoms. The highest BCUT2D eigenvalue weighted by Gasteiger charge is 2.47. The number of carbonyl (C=O) groups is 1. The van der Waals surface area contributed by atoms with Gasteiger partial charge in [-0.3, -0.25) is 9.69 Å². The molecule has 2 aliphatic rings. The highest BCUT2D eigenvalue weighted by Crippen LogP contribution is 2.45. The summed E-state index contributed by atoms with van der Waals surface area (Å²) in [6.07, 6.45) is 5.56. The van der Waals surface area contributed by atoms with Crippen molar-refractivity contribution in [2.45, 2.75) is 32.9 Å². The topological polar surface area (TPSA) is 105 Å². The Morgan fingerprint density at radius 2 is 2.27 bits per heavy atom. The Kier molecular flexibility index (Phi) is 4.90. The minimum Gasteiger partial charge on any atom is -0.418 e. The van der Waals surface area contributed by atoms with Gasteiger partial charge >= 0.3 is 0 Å². The van der Waals surface area contributed by atoms with E-state index in [1.165, 1.54) is 0 Å². The molecule has 3 aromatic heterocycles. The number of hydrogen-bond acceptors (Lipinski definition) is 6. The van der Waals surface area contributed by atoms with Crippen molar-refractivity contribution in [1.29, 1.82) is 0 Å². The predicted octanol–water partition coefficient (Wildman–Crippen LogP) is 1.88. The van der Waals surface area contributed by atoms with Gasteiger partial charge in [-0.15, -0.1) is 10.2 Å². The van der Waals surface area contributed by atoms with Crippen molar-refractivity contribution in [3.8, 4) is 11.6 Å². The molecule has 1 amide bonds. The van der Waals surface area contributed by atoms with Crippen LogP contribution in [0, 0.1) is 24.7 Å². The minimum atomic E-state index is 0.0809. The number of aryl methyl sites for hydroxylation is 1. The lowest BCUT2D eigenvalue weighted by molar-refractivity contribution is -0.137. The fourth-order valence-electron chi connectivity index (χ4n) is 4.74. The van der Waals surface area contributed by atoms with E-state index in [0.717, 1.165) is 43.1 Å². The summed E-state index contributed by atoms with van der Waals surface area (Å²) in [5.74, 6) is 3.21. The Hall–Kier alpha value is -2.94. The third-order valence-electron chi connectivity index (χ3n) is 6.70. The molecule has 2 fully saturated rings. The van der Waals surface area contributed by atoms with E-state index in [2.05, 4.69) is 30.4 Å². The van der Waals surface area contributed by atoms with Crippen molar-refractivity contribution < 1.29 is 9.21 Å². The second-order valence-electron chi connectivity index (χ2n) is 8.46. The lowest BCUT2D eigenvalue weighted by atomic mass is 9.61.